The highest BCUT2D eigenvalue weighted by Gasteiger charge is 2.23. The van der Waals surface area contributed by atoms with Gasteiger partial charge < -0.3 is 10.6 Å². The monoisotopic (exact) mass is 392 g/mol. The molecule has 4 rings (SSSR count). The number of anilines is 1. The van der Waals surface area contributed by atoms with Crippen molar-refractivity contribution in [1.82, 2.24) is 15.3 Å². The number of benzene rings is 2. The van der Waals surface area contributed by atoms with E-state index in [9.17, 15) is 9.59 Å². The van der Waals surface area contributed by atoms with Crippen LogP contribution < -0.4 is 10.6 Å². The van der Waals surface area contributed by atoms with Crippen LogP contribution in [0.25, 0.3) is 10.9 Å². The van der Waals surface area contributed by atoms with Gasteiger partial charge in [0.1, 0.15) is 10.9 Å². The lowest BCUT2D eigenvalue weighted by Gasteiger charge is -2.09. The van der Waals surface area contributed by atoms with Crippen LogP contribution in [-0.4, -0.2) is 33.6 Å². The van der Waals surface area contributed by atoms with Gasteiger partial charge in [-0.15, -0.1) is 0 Å². The van der Waals surface area contributed by atoms with Crippen molar-refractivity contribution >= 4 is 40.2 Å². The van der Waals surface area contributed by atoms with Crippen molar-refractivity contribution in [3.63, 3.8) is 0 Å². The molecule has 1 aromatic heterocycles. The minimum absolute atomic E-state index is 0.101. The van der Waals surface area contributed by atoms with Gasteiger partial charge in [-0.25, -0.2) is 9.97 Å². The van der Waals surface area contributed by atoms with Crippen LogP contribution in [0.1, 0.15) is 29.0 Å². The number of hydrogen-bond donors (Lipinski definition) is 2. The fourth-order valence-electron chi connectivity index (χ4n) is 2.83. The molecule has 2 N–H and O–H groups in total. The van der Waals surface area contributed by atoms with Crippen molar-refractivity contribution in [2.24, 2.45) is 0 Å². The molecule has 2 amide bonds. The summed E-state index contributed by atoms with van der Waals surface area (Å²) in [4.78, 5) is 33.4. The van der Waals surface area contributed by atoms with Crippen molar-refractivity contribution in [1.29, 1.82) is 0 Å². The number of nitrogens with one attached hydrogen (secondary N) is 2. The minimum Gasteiger partial charge on any atom is -0.349 e. The van der Waals surface area contributed by atoms with Crippen molar-refractivity contribution in [2.45, 2.75) is 30.8 Å². The maximum atomic E-state index is 12.4. The standard InChI is InChI=1S/C21H20N4O2S/c1-13-22-18-8-3-2-7-17(18)21(23-13)28-12-19(26)24-16-6-4-5-14(11-16)20(27)25-15-9-10-15/h2-8,11,15H,9-10,12H2,1H3,(H,24,26)(H,25,27). The number of nitrogens with zero attached hydrogens (tertiary/aromatic N) is 2. The van der Waals surface area contributed by atoms with E-state index >= 15 is 0 Å². The van der Waals surface area contributed by atoms with Crippen molar-refractivity contribution in [2.75, 3.05) is 11.1 Å². The number of carbonyl (C=O) groups is 2. The normalized spacial score (nSPS) is 13.3. The number of rotatable bonds is 6. The summed E-state index contributed by atoms with van der Waals surface area (Å²) < 4.78 is 0. The molecule has 0 spiro atoms. The minimum atomic E-state index is -0.148. The largest absolute Gasteiger partial charge is 0.349 e. The fraction of sp³-hybridized carbons (Fsp3) is 0.238. The quantitative estimate of drug-likeness (QED) is 0.495. The Labute approximate surface area is 167 Å². The second kappa shape index (κ2) is 7.98. The van der Waals surface area contributed by atoms with E-state index in [1.54, 1.807) is 24.3 Å². The van der Waals surface area contributed by atoms with Crippen LogP contribution in [0.4, 0.5) is 5.69 Å². The summed E-state index contributed by atoms with van der Waals surface area (Å²) in [5.41, 5.74) is 2.03. The number of thioether (sulfide) groups is 1. The van der Waals surface area contributed by atoms with Gasteiger partial charge in [-0.3, -0.25) is 9.59 Å². The van der Waals surface area contributed by atoms with Crippen LogP contribution in [0.2, 0.25) is 0 Å². The Morgan fingerprint density at radius 1 is 1.11 bits per heavy atom. The zero-order chi connectivity index (χ0) is 19.5. The van der Waals surface area contributed by atoms with Crippen LogP contribution in [0.15, 0.2) is 53.6 Å². The molecule has 28 heavy (non-hydrogen) atoms. The molecule has 1 aliphatic carbocycles. The summed E-state index contributed by atoms with van der Waals surface area (Å²) in [7, 11) is 0. The Kier molecular flexibility index (Phi) is 5.25. The molecule has 7 heteroatoms. The van der Waals surface area contributed by atoms with E-state index in [0.29, 0.717) is 23.1 Å². The first kappa shape index (κ1) is 18.4. The molecule has 142 valence electrons. The number of amides is 2. The summed E-state index contributed by atoms with van der Waals surface area (Å²) in [5, 5.41) is 7.53. The van der Waals surface area contributed by atoms with E-state index in [1.165, 1.54) is 11.8 Å². The van der Waals surface area contributed by atoms with Crippen molar-refractivity contribution < 1.29 is 9.59 Å². The molecule has 0 saturated heterocycles. The highest BCUT2D eigenvalue weighted by molar-refractivity contribution is 8.00. The van der Waals surface area contributed by atoms with E-state index in [1.807, 2.05) is 31.2 Å². The SMILES string of the molecule is Cc1nc(SCC(=O)Nc2cccc(C(=O)NC3CC3)c2)c2ccccc2n1. The first-order chi connectivity index (χ1) is 13.6. The third-order valence-corrected chi connectivity index (χ3v) is 5.33. The molecule has 0 atom stereocenters. The topological polar surface area (TPSA) is 84.0 Å². The number of fused-ring (bicyclic) bond motifs is 1. The average Bonchev–Trinajstić information content (AvgIpc) is 3.50. The maximum absolute atomic E-state index is 12.4. The average molecular weight is 392 g/mol. The highest BCUT2D eigenvalue weighted by Crippen LogP contribution is 2.25. The zero-order valence-electron chi connectivity index (χ0n) is 15.4. The number of para-hydroxylation sites is 1. The van der Waals surface area contributed by atoms with E-state index in [0.717, 1.165) is 28.8 Å². The zero-order valence-corrected chi connectivity index (χ0v) is 16.3. The molecule has 0 aliphatic heterocycles. The number of carbonyl (C=O) groups excluding carboxylic acids is 2. The van der Waals surface area contributed by atoms with Crippen LogP contribution in [-0.2, 0) is 4.79 Å². The number of hydrogen-bond acceptors (Lipinski definition) is 5. The highest BCUT2D eigenvalue weighted by atomic mass is 32.2. The third kappa shape index (κ3) is 4.48. The van der Waals surface area contributed by atoms with Gasteiger partial charge in [-0.2, -0.15) is 0 Å². The Morgan fingerprint density at radius 3 is 2.75 bits per heavy atom. The summed E-state index contributed by atoms with van der Waals surface area (Å²) in [6.07, 6.45) is 2.08. The predicted octanol–water partition coefficient (Wildman–Crippen LogP) is 3.56. The molecule has 1 fully saturated rings. The predicted molar refractivity (Wildman–Crippen MR) is 111 cm³/mol. The van der Waals surface area contributed by atoms with E-state index in [4.69, 9.17) is 0 Å². The number of aryl methyl sites for hydroxylation is 1. The lowest BCUT2D eigenvalue weighted by molar-refractivity contribution is -0.113. The van der Waals surface area contributed by atoms with Gasteiger partial charge >= 0.3 is 0 Å². The fourth-order valence-corrected chi connectivity index (χ4v) is 3.70. The molecule has 0 unspecified atom stereocenters. The third-order valence-electron chi connectivity index (χ3n) is 4.34. The maximum Gasteiger partial charge on any atom is 0.251 e. The van der Waals surface area contributed by atoms with Crippen molar-refractivity contribution in [3.8, 4) is 0 Å². The van der Waals surface area contributed by atoms with Gasteiger partial charge in [0.15, 0.2) is 0 Å². The van der Waals surface area contributed by atoms with Gasteiger partial charge in [-0.1, -0.05) is 36.0 Å². The van der Waals surface area contributed by atoms with Gasteiger partial charge in [0, 0.05) is 22.7 Å². The van der Waals surface area contributed by atoms with E-state index < -0.39 is 0 Å². The van der Waals surface area contributed by atoms with Crippen LogP contribution in [0, 0.1) is 6.92 Å². The Hall–Kier alpha value is -2.93. The van der Waals surface area contributed by atoms with Gasteiger partial charge in [0.25, 0.3) is 5.91 Å². The number of aromatic nitrogens is 2. The van der Waals surface area contributed by atoms with E-state index in [-0.39, 0.29) is 17.6 Å². The Bertz CT molecular complexity index is 1050. The van der Waals surface area contributed by atoms with Crippen molar-refractivity contribution in [3.05, 3.63) is 59.9 Å². The van der Waals surface area contributed by atoms with Crippen LogP contribution in [0.3, 0.4) is 0 Å². The summed E-state index contributed by atoms with van der Waals surface area (Å²) in [6.45, 7) is 1.84. The van der Waals surface area contributed by atoms with E-state index in [2.05, 4.69) is 20.6 Å². The van der Waals surface area contributed by atoms with Gasteiger partial charge in [0.05, 0.1) is 11.3 Å². The molecule has 1 heterocycles. The molecular formula is C21H20N4O2S. The molecular weight excluding hydrogens is 372 g/mol. The molecule has 3 aromatic rings. The lowest BCUT2D eigenvalue weighted by atomic mass is 10.2. The second-order valence-electron chi connectivity index (χ2n) is 6.76. The molecule has 6 nitrogen and oxygen atoms in total. The second-order valence-corrected chi connectivity index (χ2v) is 7.72. The lowest BCUT2D eigenvalue weighted by Crippen LogP contribution is -2.25. The first-order valence-electron chi connectivity index (χ1n) is 9.15. The Balaban J connectivity index is 1.40. The Morgan fingerprint density at radius 2 is 1.93 bits per heavy atom. The molecule has 1 saturated carbocycles. The molecule has 2 aromatic carbocycles. The molecule has 0 bridgehead atoms. The molecule has 0 radical (unpaired) electrons. The first-order valence-corrected chi connectivity index (χ1v) is 10.1. The van der Waals surface area contributed by atoms with Crippen LogP contribution >= 0.6 is 11.8 Å². The van der Waals surface area contributed by atoms with Gasteiger partial charge in [-0.05, 0) is 44.0 Å². The smallest absolute Gasteiger partial charge is 0.251 e. The van der Waals surface area contributed by atoms with Gasteiger partial charge in [0.2, 0.25) is 5.91 Å². The van der Waals surface area contributed by atoms with Crippen LogP contribution in [0.5, 0.6) is 0 Å². The molecule has 1 aliphatic rings. The summed E-state index contributed by atoms with van der Waals surface area (Å²) in [5.74, 6) is 0.649. The summed E-state index contributed by atoms with van der Waals surface area (Å²) in [6, 6.07) is 15.1. The summed E-state index contributed by atoms with van der Waals surface area (Å²) >= 11 is 1.38.